The number of nitrogens with zero attached hydrogens (tertiary/aromatic N) is 4. The molecule has 0 saturated heterocycles. The summed E-state index contributed by atoms with van der Waals surface area (Å²) in [4.78, 5) is 15.4. The molecule has 7 heteroatoms. The number of aromatic nitrogens is 4. The summed E-state index contributed by atoms with van der Waals surface area (Å²) in [6.45, 7) is 26.7. The molecule has 0 aliphatic carbocycles. The molecule has 1 N–H and O–H groups in total. The van der Waals surface area contributed by atoms with Gasteiger partial charge in [0.2, 0.25) is 0 Å². The summed E-state index contributed by atoms with van der Waals surface area (Å²) < 4.78 is 8.53. The van der Waals surface area contributed by atoms with E-state index < -0.39 is 0 Å². The smallest absolute Gasteiger partial charge is 0.148 e. The summed E-state index contributed by atoms with van der Waals surface area (Å²) in [5.74, 6) is 1.70. The average Bonchev–Trinajstić information content (AvgIpc) is 3.92. The van der Waals surface area contributed by atoms with Crippen LogP contribution in [0.2, 0.25) is 0 Å². The van der Waals surface area contributed by atoms with E-state index >= 15 is 0 Å². The summed E-state index contributed by atoms with van der Waals surface area (Å²) in [7, 11) is 0. The van der Waals surface area contributed by atoms with Gasteiger partial charge in [-0.1, -0.05) is 179 Å². The van der Waals surface area contributed by atoms with Crippen molar-refractivity contribution in [3.63, 3.8) is 0 Å². The fourth-order valence-electron chi connectivity index (χ4n) is 9.42. The quantitative estimate of drug-likeness (QED) is 0.168. The topological polar surface area (TPSA) is 77.0 Å². The zero-order valence-electron chi connectivity index (χ0n) is 42.3. The van der Waals surface area contributed by atoms with Crippen molar-refractivity contribution in [2.75, 3.05) is 0 Å². The van der Waals surface area contributed by atoms with E-state index in [-0.39, 0.29) is 48.5 Å². The molecule has 0 aliphatic heterocycles. The molecule has 0 amide bonds. The first-order valence-corrected chi connectivity index (χ1v) is 24.1. The van der Waals surface area contributed by atoms with Gasteiger partial charge in [-0.15, -0.1) is 29.3 Å². The number of furan rings is 1. The molecule has 0 unspecified atom stereocenters. The maximum Gasteiger partial charge on any atom is 0.148 e. The van der Waals surface area contributed by atoms with Crippen molar-refractivity contribution in [3.8, 4) is 67.7 Å². The number of fused-ring (bicyclic) bond motifs is 3. The SMILES string of the molecule is CC(C)(C)c1cc(-c2ncnc3cc(-c4cc5ccccc5o4)ccc23)[c-]c(-c2cccc3c2nc(-c2cc(C(C)(C)C)cc(C(C)(C)C)c2O)n3-c2ccc(C(C)(C)C)cc2-c2ccccc2)c1.[Pt]. The Bertz CT molecular complexity index is 3580. The van der Waals surface area contributed by atoms with Crippen LogP contribution in [0.5, 0.6) is 5.75 Å². The van der Waals surface area contributed by atoms with E-state index in [9.17, 15) is 5.11 Å². The maximum atomic E-state index is 12.6. The van der Waals surface area contributed by atoms with Gasteiger partial charge in [-0.05, 0) is 86.2 Å². The number of hydrogen-bond acceptors (Lipinski definition) is 5. The molecule has 7 aromatic carbocycles. The number of imidazole rings is 1. The molecule has 3 heterocycles. The van der Waals surface area contributed by atoms with Gasteiger partial charge in [0, 0.05) is 48.8 Å². The van der Waals surface area contributed by atoms with E-state index in [2.05, 4.69) is 215 Å². The third-order valence-electron chi connectivity index (χ3n) is 13.5. The molecule has 0 saturated carbocycles. The normalized spacial score (nSPS) is 12.5. The van der Waals surface area contributed by atoms with Crippen molar-refractivity contribution in [2.45, 2.75) is 105 Å². The number of hydrogen-bond donors (Lipinski definition) is 1. The Morgan fingerprint density at radius 1 is 0.543 bits per heavy atom. The van der Waals surface area contributed by atoms with Crippen LogP contribution in [-0.4, -0.2) is 24.6 Å². The second-order valence-corrected chi connectivity index (χ2v) is 22.8. The van der Waals surface area contributed by atoms with Gasteiger partial charge in [-0.3, -0.25) is 9.55 Å². The Kier molecular flexibility index (Phi) is 12.2. The third kappa shape index (κ3) is 8.92. The fourth-order valence-corrected chi connectivity index (χ4v) is 9.42. The Balaban J connectivity index is 0.00000608. The first kappa shape index (κ1) is 48.4. The van der Waals surface area contributed by atoms with Gasteiger partial charge in [-0.2, -0.15) is 0 Å². The molecular weight excluding hydrogens is 1040 g/mol. The van der Waals surface area contributed by atoms with Crippen LogP contribution in [0.4, 0.5) is 0 Å². The van der Waals surface area contributed by atoms with Gasteiger partial charge >= 0.3 is 0 Å². The number of rotatable bonds is 6. The zero-order chi connectivity index (χ0) is 48.8. The molecule has 70 heavy (non-hydrogen) atoms. The molecule has 0 radical (unpaired) electrons. The van der Waals surface area contributed by atoms with Crippen molar-refractivity contribution in [2.24, 2.45) is 0 Å². The molecule has 3 aromatic heterocycles. The van der Waals surface area contributed by atoms with Crippen LogP contribution < -0.4 is 0 Å². The predicted molar refractivity (Wildman–Crippen MR) is 286 cm³/mol. The third-order valence-corrected chi connectivity index (χ3v) is 13.5. The predicted octanol–water partition coefficient (Wildman–Crippen LogP) is 16.7. The van der Waals surface area contributed by atoms with Crippen molar-refractivity contribution >= 4 is 32.9 Å². The van der Waals surface area contributed by atoms with Crippen LogP contribution in [0.15, 0.2) is 150 Å². The number of phenols is 1. The molecule has 0 aliphatic rings. The second kappa shape index (κ2) is 17.7. The average molecular weight is 1100 g/mol. The number of para-hydroxylation sites is 2. The first-order chi connectivity index (χ1) is 32.6. The van der Waals surface area contributed by atoms with Crippen LogP contribution in [-0.2, 0) is 42.7 Å². The summed E-state index contributed by atoms with van der Waals surface area (Å²) in [5, 5.41) is 14.6. The van der Waals surface area contributed by atoms with Crippen LogP contribution in [0, 0.1) is 6.07 Å². The maximum absolute atomic E-state index is 12.6. The van der Waals surface area contributed by atoms with E-state index in [0.29, 0.717) is 11.4 Å². The molecule has 10 aromatic rings. The van der Waals surface area contributed by atoms with E-state index in [1.54, 1.807) is 6.33 Å². The van der Waals surface area contributed by atoms with Gasteiger partial charge in [0.25, 0.3) is 0 Å². The van der Waals surface area contributed by atoms with Gasteiger partial charge < -0.3 is 9.52 Å². The molecule has 0 spiro atoms. The van der Waals surface area contributed by atoms with Crippen molar-refractivity contribution in [3.05, 3.63) is 174 Å². The van der Waals surface area contributed by atoms with Crippen LogP contribution in [0.3, 0.4) is 0 Å². The van der Waals surface area contributed by atoms with Gasteiger partial charge in [0.05, 0.1) is 27.8 Å². The fraction of sp³-hybridized carbons (Fsp3) is 0.254. The molecule has 0 atom stereocenters. The summed E-state index contributed by atoms with van der Waals surface area (Å²) >= 11 is 0. The molecule has 0 fully saturated rings. The standard InChI is InChI=1S/C63H61N4O2.Pt/c1-60(2,3)43-26-28-52(48(34-43)38-19-14-13-15-20-38)67-53-23-18-22-46(57(53)66-59(67)49-35-45(62(7,8)9)36-50(58(49)68)63(10,11)12)41-29-42(31-44(30-41)61(4,5)6)56-47-27-25-40(32-51(47)64-37-65-56)55-33-39-21-16-17-24-54(39)69-55;/h13-28,30-37,68H,1-12H3;/q-1;. The number of phenolic OH excluding ortho intramolecular Hbond substituents is 1. The van der Waals surface area contributed by atoms with Gasteiger partial charge in [-0.25, -0.2) is 9.97 Å². The van der Waals surface area contributed by atoms with E-state index in [4.69, 9.17) is 19.4 Å². The van der Waals surface area contributed by atoms with Gasteiger partial charge in [0.1, 0.15) is 29.2 Å². The Morgan fingerprint density at radius 3 is 1.91 bits per heavy atom. The van der Waals surface area contributed by atoms with Crippen molar-refractivity contribution in [1.82, 2.24) is 19.5 Å². The summed E-state index contributed by atoms with van der Waals surface area (Å²) in [6.07, 6.45) is 1.64. The van der Waals surface area contributed by atoms with Gasteiger partial charge in [0.15, 0.2) is 0 Å². The summed E-state index contributed by atoms with van der Waals surface area (Å²) in [5.41, 5.74) is 15.2. The molecule has 10 rings (SSSR count). The number of aromatic hydroxyl groups is 1. The van der Waals surface area contributed by atoms with E-state index in [1.165, 1.54) is 5.56 Å². The van der Waals surface area contributed by atoms with E-state index in [0.717, 1.165) is 100 Å². The van der Waals surface area contributed by atoms with Crippen LogP contribution in [0.25, 0.3) is 94.8 Å². The largest absolute Gasteiger partial charge is 0.507 e. The Hall–Kier alpha value is -6.62. The summed E-state index contributed by atoms with van der Waals surface area (Å²) in [6, 6.07) is 52.9. The minimum atomic E-state index is -0.343. The second-order valence-electron chi connectivity index (χ2n) is 22.8. The molecule has 356 valence electrons. The zero-order valence-corrected chi connectivity index (χ0v) is 44.6. The van der Waals surface area contributed by atoms with Crippen molar-refractivity contribution in [1.29, 1.82) is 0 Å². The first-order valence-electron chi connectivity index (χ1n) is 24.1. The minimum absolute atomic E-state index is 0. The molecule has 6 nitrogen and oxygen atoms in total. The minimum Gasteiger partial charge on any atom is -0.507 e. The Labute approximate surface area is 427 Å². The van der Waals surface area contributed by atoms with Crippen LogP contribution in [0.1, 0.15) is 105 Å². The monoisotopic (exact) mass is 1100 g/mol. The molecule has 0 bridgehead atoms. The number of benzene rings is 7. The van der Waals surface area contributed by atoms with Crippen LogP contribution >= 0.6 is 0 Å². The van der Waals surface area contributed by atoms with E-state index in [1.807, 2.05) is 18.2 Å². The van der Waals surface area contributed by atoms with Crippen molar-refractivity contribution < 1.29 is 30.6 Å². The Morgan fingerprint density at radius 2 is 1.21 bits per heavy atom. The molecular formula is C63H61N4O2Pt-.